The number of methoxy groups -OCH3 is 2. The van der Waals surface area contributed by atoms with Crippen LogP contribution in [0.3, 0.4) is 0 Å². The van der Waals surface area contributed by atoms with Gasteiger partial charge in [0.05, 0.1) is 42.2 Å². The zero-order valence-electron chi connectivity index (χ0n) is 21.2. The monoisotopic (exact) mass is 536 g/mol. The summed E-state index contributed by atoms with van der Waals surface area (Å²) in [5.41, 5.74) is 1.64. The SMILES string of the molecule is COC(=O)c1ccc2c(c1)C(=O)C(c1cc(N3C(=O)c4cc(C(=O)OC)ccc4C3O)c3ccccc3n1)C2=O. The molecule has 4 aromatic rings. The van der Waals surface area contributed by atoms with Crippen molar-refractivity contribution in [1.29, 1.82) is 0 Å². The lowest BCUT2D eigenvalue weighted by atomic mass is 9.97. The number of nitrogens with zero attached hydrogens (tertiary/aromatic N) is 2. The number of aliphatic hydroxyl groups excluding tert-OH is 1. The molecule has 2 heterocycles. The second-order valence-electron chi connectivity index (χ2n) is 9.34. The van der Waals surface area contributed by atoms with Crippen LogP contribution in [-0.2, 0) is 9.47 Å². The minimum absolute atomic E-state index is 0.0782. The standard InChI is InChI=1S/C30H20N2O8/c1-39-29(37)14-7-9-16-19(11-14)26(34)24(25(16)33)22-13-23(18-5-3-4-6-21(18)31-22)32-27(35)17-10-8-15(30(38)40-2)12-20(17)28(32)36/h3-13,24,27,35H,1-2H3. The van der Waals surface area contributed by atoms with Crippen LogP contribution in [0.2, 0.25) is 0 Å². The van der Waals surface area contributed by atoms with Gasteiger partial charge in [-0.15, -0.1) is 0 Å². The fourth-order valence-electron chi connectivity index (χ4n) is 5.26. The van der Waals surface area contributed by atoms with Crippen LogP contribution in [0.5, 0.6) is 0 Å². The van der Waals surface area contributed by atoms with Crippen LogP contribution >= 0.6 is 0 Å². The zero-order valence-corrected chi connectivity index (χ0v) is 21.2. The van der Waals surface area contributed by atoms with E-state index >= 15 is 0 Å². The van der Waals surface area contributed by atoms with E-state index in [9.17, 15) is 29.1 Å². The Morgan fingerprint density at radius 2 is 1.43 bits per heavy atom. The van der Waals surface area contributed by atoms with Crippen molar-refractivity contribution >= 4 is 46.0 Å². The fraction of sp³-hybridized carbons (Fsp3) is 0.133. The summed E-state index contributed by atoms with van der Waals surface area (Å²) in [7, 11) is 2.44. The number of benzene rings is 3. The topological polar surface area (TPSA) is 140 Å². The van der Waals surface area contributed by atoms with Gasteiger partial charge in [0.1, 0.15) is 5.92 Å². The number of ketones is 2. The predicted octanol–water partition coefficient (Wildman–Crippen LogP) is 3.62. The molecule has 40 heavy (non-hydrogen) atoms. The molecule has 1 amide bonds. The van der Waals surface area contributed by atoms with Crippen molar-refractivity contribution in [2.45, 2.75) is 12.1 Å². The number of Topliss-reactive ketones (excluding diaryl/α,β-unsaturated/α-hetero) is 2. The Morgan fingerprint density at radius 3 is 2.12 bits per heavy atom. The quantitative estimate of drug-likeness (QED) is 0.306. The predicted molar refractivity (Wildman–Crippen MR) is 140 cm³/mol. The molecular weight excluding hydrogens is 516 g/mol. The molecule has 2 atom stereocenters. The summed E-state index contributed by atoms with van der Waals surface area (Å²) in [6.45, 7) is 0. The number of ether oxygens (including phenoxy) is 2. The Bertz CT molecular complexity index is 1810. The zero-order chi connectivity index (χ0) is 28.3. The van der Waals surface area contributed by atoms with Crippen molar-refractivity contribution in [2.24, 2.45) is 0 Å². The summed E-state index contributed by atoms with van der Waals surface area (Å²) < 4.78 is 9.48. The molecule has 3 aromatic carbocycles. The van der Waals surface area contributed by atoms with Crippen LogP contribution in [0.25, 0.3) is 10.9 Å². The van der Waals surface area contributed by atoms with E-state index in [-0.39, 0.29) is 44.8 Å². The maximum Gasteiger partial charge on any atom is 0.337 e. The van der Waals surface area contributed by atoms with E-state index in [2.05, 4.69) is 4.98 Å². The Balaban J connectivity index is 1.47. The summed E-state index contributed by atoms with van der Waals surface area (Å²) in [5.74, 6) is -4.20. The molecule has 1 aliphatic carbocycles. The van der Waals surface area contributed by atoms with Gasteiger partial charge in [0.15, 0.2) is 17.8 Å². The van der Waals surface area contributed by atoms with Crippen molar-refractivity contribution in [3.8, 4) is 0 Å². The maximum absolute atomic E-state index is 13.6. The van der Waals surface area contributed by atoms with E-state index < -0.39 is 41.6 Å². The Morgan fingerprint density at radius 1 is 0.800 bits per heavy atom. The van der Waals surface area contributed by atoms with Crippen molar-refractivity contribution in [3.63, 3.8) is 0 Å². The minimum Gasteiger partial charge on any atom is -0.465 e. The third kappa shape index (κ3) is 3.61. The van der Waals surface area contributed by atoms with Crippen LogP contribution in [0.4, 0.5) is 5.69 Å². The van der Waals surface area contributed by atoms with Gasteiger partial charge in [-0.3, -0.25) is 24.3 Å². The number of hydrogen-bond acceptors (Lipinski definition) is 9. The van der Waals surface area contributed by atoms with Gasteiger partial charge in [0, 0.05) is 27.6 Å². The van der Waals surface area contributed by atoms with Crippen molar-refractivity contribution in [2.75, 3.05) is 19.1 Å². The number of pyridine rings is 1. The van der Waals surface area contributed by atoms with E-state index in [0.717, 1.165) is 4.90 Å². The molecule has 1 aromatic heterocycles. The number of carbonyl (C=O) groups excluding carboxylic acids is 5. The summed E-state index contributed by atoms with van der Waals surface area (Å²) >= 11 is 0. The molecule has 1 aliphatic heterocycles. The summed E-state index contributed by atoms with van der Waals surface area (Å²) in [4.78, 5) is 70.3. The average Bonchev–Trinajstić information content (AvgIpc) is 3.38. The Labute approximate surface area is 226 Å². The third-order valence-electron chi connectivity index (χ3n) is 7.21. The van der Waals surface area contributed by atoms with Gasteiger partial charge in [-0.1, -0.05) is 24.3 Å². The van der Waals surface area contributed by atoms with Gasteiger partial charge < -0.3 is 14.6 Å². The van der Waals surface area contributed by atoms with Gasteiger partial charge in [0.2, 0.25) is 0 Å². The second-order valence-corrected chi connectivity index (χ2v) is 9.34. The molecule has 0 saturated carbocycles. The summed E-state index contributed by atoms with van der Waals surface area (Å²) in [6, 6.07) is 16.7. The smallest absolute Gasteiger partial charge is 0.337 e. The highest BCUT2D eigenvalue weighted by Gasteiger charge is 2.43. The molecule has 0 bridgehead atoms. The van der Waals surface area contributed by atoms with Gasteiger partial charge >= 0.3 is 11.9 Å². The highest BCUT2D eigenvalue weighted by atomic mass is 16.5. The highest BCUT2D eigenvalue weighted by molar-refractivity contribution is 6.30. The van der Waals surface area contributed by atoms with Crippen molar-refractivity contribution in [3.05, 3.63) is 106 Å². The lowest BCUT2D eigenvalue weighted by Crippen LogP contribution is -2.28. The van der Waals surface area contributed by atoms with Crippen LogP contribution < -0.4 is 4.90 Å². The van der Waals surface area contributed by atoms with Crippen molar-refractivity contribution < 1.29 is 38.6 Å². The number of hydrogen-bond donors (Lipinski definition) is 1. The number of aromatic nitrogens is 1. The van der Waals surface area contributed by atoms with Gasteiger partial charge in [-0.2, -0.15) is 0 Å². The van der Waals surface area contributed by atoms with E-state index in [0.29, 0.717) is 10.9 Å². The van der Waals surface area contributed by atoms with Crippen molar-refractivity contribution in [1.82, 2.24) is 4.98 Å². The van der Waals surface area contributed by atoms with Gasteiger partial charge in [0.25, 0.3) is 5.91 Å². The molecular formula is C30H20N2O8. The molecule has 0 saturated heterocycles. The second kappa shape index (κ2) is 9.21. The highest BCUT2D eigenvalue weighted by Crippen LogP contribution is 2.42. The van der Waals surface area contributed by atoms with Crippen LogP contribution in [0.15, 0.2) is 66.7 Å². The summed E-state index contributed by atoms with van der Waals surface area (Å²) in [5, 5.41) is 11.7. The first-order valence-corrected chi connectivity index (χ1v) is 12.2. The lowest BCUT2D eigenvalue weighted by Gasteiger charge is -2.24. The molecule has 0 radical (unpaired) electrons. The first kappa shape index (κ1) is 25.1. The number of aliphatic hydroxyl groups is 1. The summed E-state index contributed by atoms with van der Waals surface area (Å²) in [6.07, 6.45) is -1.40. The number of anilines is 1. The van der Waals surface area contributed by atoms with Crippen LogP contribution in [0, 0.1) is 0 Å². The number of amides is 1. The molecule has 198 valence electrons. The molecule has 2 unspecified atom stereocenters. The van der Waals surface area contributed by atoms with E-state index in [1.807, 2.05) is 0 Å². The average molecular weight is 536 g/mol. The lowest BCUT2D eigenvalue weighted by molar-refractivity contribution is 0.0591. The minimum atomic E-state index is -1.40. The molecule has 10 nitrogen and oxygen atoms in total. The van der Waals surface area contributed by atoms with E-state index in [4.69, 9.17) is 9.47 Å². The van der Waals surface area contributed by atoms with Crippen LogP contribution in [-0.4, -0.2) is 53.7 Å². The van der Waals surface area contributed by atoms with Gasteiger partial charge in [-0.05, 0) is 42.5 Å². The molecule has 0 spiro atoms. The normalized spacial score (nSPS) is 17.7. The molecule has 6 rings (SSSR count). The van der Waals surface area contributed by atoms with E-state index in [1.165, 1.54) is 56.7 Å². The molecule has 0 fully saturated rings. The number of esters is 2. The van der Waals surface area contributed by atoms with Crippen LogP contribution in [0.1, 0.15) is 75.2 Å². The van der Waals surface area contributed by atoms with E-state index in [1.54, 1.807) is 24.3 Å². The number of carbonyl (C=O) groups is 5. The third-order valence-corrected chi connectivity index (χ3v) is 7.21. The molecule has 10 heteroatoms. The Kier molecular flexibility index (Phi) is 5.77. The number of rotatable bonds is 4. The van der Waals surface area contributed by atoms with Gasteiger partial charge in [-0.25, -0.2) is 9.59 Å². The number of fused-ring (bicyclic) bond motifs is 3. The maximum atomic E-state index is 13.6. The first-order chi connectivity index (χ1) is 19.2. The fourth-order valence-corrected chi connectivity index (χ4v) is 5.26. The largest absolute Gasteiger partial charge is 0.465 e. The first-order valence-electron chi connectivity index (χ1n) is 12.2. The molecule has 2 aliphatic rings. The number of para-hydroxylation sites is 1. The Hall–Kier alpha value is -5.22. The molecule has 1 N–H and O–H groups in total.